The predicted octanol–water partition coefficient (Wildman–Crippen LogP) is 1.50. The number of rotatable bonds is 14. The van der Waals surface area contributed by atoms with Crippen LogP contribution in [0.4, 0.5) is 0 Å². The SMILES string of the molecule is CCC(C)C(NC(=O)C(N)Cc1c[nH]c2ccccc12)C(=O)NC(CS)C(=O)NC(Cc1ccc(O)cc1)C(=O)O. The summed E-state index contributed by atoms with van der Waals surface area (Å²) in [4.78, 5) is 54.3. The monoisotopic (exact) mass is 583 g/mol. The molecule has 8 N–H and O–H groups in total. The number of aromatic hydroxyl groups is 1. The van der Waals surface area contributed by atoms with Crippen LogP contribution in [0.3, 0.4) is 0 Å². The first-order valence-corrected chi connectivity index (χ1v) is 14.0. The molecule has 0 bridgehead atoms. The van der Waals surface area contributed by atoms with Crippen LogP contribution in [0.5, 0.6) is 5.75 Å². The minimum absolute atomic E-state index is 0.0318. The molecule has 5 unspecified atom stereocenters. The Hall–Kier alpha value is -4.03. The van der Waals surface area contributed by atoms with E-state index in [-0.39, 0.29) is 30.3 Å². The Kier molecular flexibility index (Phi) is 11.2. The van der Waals surface area contributed by atoms with Gasteiger partial charge < -0.3 is 36.9 Å². The highest BCUT2D eigenvalue weighted by molar-refractivity contribution is 7.80. The number of fused-ring (bicyclic) bond motifs is 1. The minimum Gasteiger partial charge on any atom is -0.508 e. The molecule has 1 heterocycles. The number of thiol groups is 1. The maximum atomic E-state index is 13.3. The van der Waals surface area contributed by atoms with Gasteiger partial charge in [0.1, 0.15) is 23.9 Å². The second-order valence-electron chi connectivity index (χ2n) is 10.1. The molecule has 5 atom stereocenters. The van der Waals surface area contributed by atoms with Gasteiger partial charge in [-0.2, -0.15) is 12.6 Å². The van der Waals surface area contributed by atoms with Crippen molar-refractivity contribution < 1.29 is 29.4 Å². The fourth-order valence-electron chi connectivity index (χ4n) is 4.39. The van der Waals surface area contributed by atoms with E-state index in [4.69, 9.17) is 5.73 Å². The van der Waals surface area contributed by atoms with Gasteiger partial charge in [0, 0.05) is 29.3 Å². The van der Waals surface area contributed by atoms with E-state index in [0.29, 0.717) is 12.0 Å². The fourth-order valence-corrected chi connectivity index (χ4v) is 4.65. The topological polar surface area (TPSA) is 187 Å². The van der Waals surface area contributed by atoms with Crippen LogP contribution < -0.4 is 21.7 Å². The molecule has 0 saturated heterocycles. The lowest BCUT2D eigenvalue weighted by atomic mass is 9.97. The van der Waals surface area contributed by atoms with Crippen LogP contribution in [0.25, 0.3) is 10.9 Å². The molecule has 1 aromatic heterocycles. The molecule has 0 saturated carbocycles. The normalized spacial score (nSPS) is 14.8. The molecule has 0 aliphatic rings. The zero-order valence-corrected chi connectivity index (χ0v) is 23.9. The smallest absolute Gasteiger partial charge is 0.326 e. The summed E-state index contributed by atoms with van der Waals surface area (Å²) in [6.45, 7) is 3.66. The van der Waals surface area contributed by atoms with Gasteiger partial charge >= 0.3 is 5.97 Å². The summed E-state index contributed by atoms with van der Waals surface area (Å²) < 4.78 is 0. The van der Waals surface area contributed by atoms with E-state index in [2.05, 4.69) is 33.6 Å². The first kappa shape index (κ1) is 31.5. The average Bonchev–Trinajstić information content (AvgIpc) is 3.37. The van der Waals surface area contributed by atoms with Crippen LogP contribution in [0.2, 0.25) is 0 Å². The number of aromatic nitrogens is 1. The number of carboxylic acids is 1. The van der Waals surface area contributed by atoms with Crippen LogP contribution >= 0.6 is 12.6 Å². The van der Waals surface area contributed by atoms with Gasteiger partial charge in [-0.15, -0.1) is 0 Å². The number of H-pyrrole nitrogens is 1. The molecule has 11 nitrogen and oxygen atoms in total. The molecule has 3 amide bonds. The van der Waals surface area contributed by atoms with Crippen molar-refractivity contribution in [2.45, 2.75) is 57.3 Å². The van der Waals surface area contributed by atoms with Gasteiger partial charge in [0.2, 0.25) is 17.7 Å². The van der Waals surface area contributed by atoms with Crippen LogP contribution in [-0.4, -0.2) is 68.8 Å². The Labute approximate surface area is 243 Å². The molecule has 220 valence electrons. The van der Waals surface area contributed by atoms with Crippen molar-refractivity contribution >= 4 is 47.2 Å². The van der Waals surface area contributed by atoms with Crippen molar-refractivity contribution in [2.75, 3.05) is 5.75 Å². The van der Waals surface area contributed by atoms with Crippen molar-refractivity contribution in [1.82, 2.24) is 20.9 Å². The van der Waals surface area contributed by atoms with Crippen LogP contribution in [0.1, 0.15) is 31.4 Å². The number of benzene rings is 2. The van der Waals surface area contributed by atoms with E-state index in [0.717, 1.165) is 16.5 Å². The number of carbonyl (C=O) groups excluding carboxylic acids is 3. The van der Waals surface area contributed by atoms with Gasteiger partial charge in [0.05, 0.1) is 6.04 Å². The van der Waals surface area contributed by atoms with Crippen molar-refractivity contribution in [2.24, 2.45) is 11.7 Å². The Morgan fingerprint density at radius 3 is 2.22 bits per heavy atom. The summed E-state index contributed by atoms with van der Waals surface area (Å²) in [5.74, 6) is -3.47. The highest BCUT2D eigenvalue weighted by Crippen LogP contribution is 2.19. The van der Waals surface area contributed by atoms with Gasteiger partial charge in [0.25, 0.3) is 0 Å². The number of aliphatic carboxylic acids is 1. The summed E-state index contributed by atoms with van der Waals surface area (Å²) in [7, 11) is 0. The summed E-state index contributed by atoms with van der Waals surface area (Å²) >= 11 is 4.18. The molecule has 2 aromatic carbocycles. The number of carboxylic acid groups (broad SMARTS) is 1. The lowest BCUT2D eigenvalue weighted by Crippen LogP contribution is -2.59. The van der Waals surface area contributed by atoms with E-state index in [1.807, 2.05) is 31.2 Å². The lowest BCUT2D eigenvalue weighted by Gasteiger charge is -2.27. The maximum absolute atomic E-state index is 13.3. The number of nitrogens with two attached hydrogens (primary N) is 1. The Bertz CT molecular complexity index is 1360. The second kappa shape index (κ2) is 14.6. The molecule has 12 heteroatoms. The van der Waals surface area contributed by atoms with E-state index in [1.54, 1.807) is 25.3 Å². The number of hydrogen-bond acceptors (Lipinski definition) is 7. The number of para-hydroxylation sites is 1. The Morgan fingerprint density at radius 1 is 0.927 bits per heavy atom. The van der Waals surface area contributed by atoms with Gasteiger partial charge in [-0.25, -0.2) is 4.79 Å². The molecule has 0 radical (unpaired) electrons. The molecule has 3 rings (SSSR count). The minimum atomic E-state index is -1.28. The number of nitrogens with one attached hydrogen (secondary N) is 4. The molecule has 41 heavy (non-hydrogen) atoms. The highest BCUT2D eigenvalue weighted by atomic mass is 32.1. The fraction of sp³-hybridized carbons (Fsp3) is 0.379. The standard InChI is InChI=1S/C29H37N5O6S/c1-3-16(2)25(34-26(36)21(30)13-18-14-31-22-7-5-4-6-20(18)22)28(38)33-24(15-41)27(37)32-23(29(39)40)12-17-8-10-19(35)11-9-17/h4-11,14,16,21,23-25,31,35,41H,3,12-13,15,30H2,1-2H3,(H,32,37)(H,33,38)(H,34,36)(H,39,40). The first-order valence-electron chi connectivity index (χ1n) is 13.4. The van der Waals surface area contributed by atoms with Crippen molar-refractivity contribution in [1.29, 1.82) is 0 Å². The number of aromatic amines is 1. The number of hydrogen-bond donors (Lipinski definition) is 8. The summed E-state index contributed by atoms with van der Waals surface area (Å²) in [6, 6.07) is 9.26. The predicted molar refractivity (Wildman–Crippen MR) is 159 cm³/mol. The summed E-state index contributed by atoms with van der Waals surface area (Å²) in [5, 5.41) is 27.8. The van der Waals surface area contributed by atoms with E-state index >= 15 is 0 Å². The number of phenolic OH excluding ortho intramolecular Hbond substituents is 1. The van der Waals surface area contributed by atoms with E-state index in [1.165, 1.54) is 12.1 Å². The van der Waals surface area contributed by atoms with Gasteiger partial charge in [-0.3, -0.25) is 14.4 Å². The van der Waals surface area contributed by atoms with Crippen LogP contribution in [-0.2, 0) is 32.0 Å². The van der Waals surface area contributed by atoms with Gasteiger partial charge in [-0.05, 0) is 41.7 Å². The van der Waals surface area contributed by atoms with Gasteiger partial charge in [-0.1, -0.05) is 50.6 Å². The highest BCUT2D eigenvalue weighted by Gasteiger charge is 2.32. The molecule has 0 aliphatic carbocycles. The summed E-state index contributed by atoms with van der Waals surface area (Å²) in [6.07, 6.45) is 2.58. The number of carbonyl (C=O) groups is 4. The zero-order chi connectivity index (χ0) is 30.1. The molecule has 3 aromatic rings. The zero-order valence-electron chi connectivity index (χ0n) is 23.0. The first-order chi connectivity index (χ1) is 19.5. The molecule has 0 fully saturated rings. The molecule has 0 spiro atoms. The lowest BCUT2D eigenvalue weighted by molar-refractivity contribution is -0.142. The summed E-state index contributed by atoms with van der Waals surface area (Å²) in [5.41, 5.74) is 8.61. The Morgan fingerprint density at radius 2 is 1.59 bits per heavy atom. The van der Waals surface area contributed by atoms with Gasteiger partial charge in [0.15, 0.2) is 0 Å². The third kappa shape index (κ3) is 8.48. The largest absolute Gasteiger partial charge is 0.508 e. The number of phenols is 1. The molecular formula is C29H37N5O6S. The van der Waals surface area contributed by atoms with Crippen molar-refractivity contribution in [3.63, 3.8) is 0 Å². The van der Waals surface area contributed by atoms with Crippen molar-refractivity contribution in [3.8, 4) is 5.75 Å². The van der Waals surface area contributed by atoms with Crippen molar-refractivity contribution in [3.05, 3.63) is 65.9 Å². The van der Waals surface area contributed by atoms with Crippen LogP contribution in [0.15, 0.2) is 54.7 Å². The Balaban J connectivity index is 1.65. The average molecular weight is 584 g/mol. The maximum Gasteiger partial charge on any atom is 0.326 e. The third-order valence-electron chi connectivity index (χ3n) is 7.05. The van der Waals surface area contributed by atoms with E-state index in [9.17, 15) is 29.4 Å². The second-order valence-corrected chi connectivity index (χ2v) is 10.4. The molecular weight excluding hydrogens is 546 g/mol. The number of amides is 3. The molecule has 0 aliphatic heterocycles. The van der Waals surface area contributed by atoms with E-state index < -0.39 is 47.9 Å². The quantitative estimate of drug-likeness (QED) is 0.132. The third-order valence-corrected chi connectivity index (χ3v) is 7.42. The van der Waals surface area contributed by atoms with Crippen LogP contribution in [0, 0.1) is 5.92 Å².